The van der Waals surface area contributed by atoms with Gasteiger partial charge in [0.05, 0.1) is 18.2 Å². The van der Waals surface area contributed by atoms with Crippen LogP contribution >= 0.6 is 11.3 Å². The van der Waals surface area contributed by atoms with Crippen molar-refractivity contribution < 1.29 is 9.13 Å². The van der Waals surface area contributed by atoms with Crippen molar-refractivity contribution in [2.75, 3.05) is 12.4 Å². The Kier molecular flexibility index (Phi) is 4.36. The number of rotatable bonds is 4. The number of anilines is 2. The Morgan fingerprint density at radius 1 is 1.10 bits per heavy atom. The smallest absolute Gasteiger partial charge is 0.275 e. The molecule has 0 unspecified atom stereocenters. The molecule has 5 aromatic rings. The van der Waals surface area contributed by atoms with Crippen LogP contribution in [0.15, 0.2) is 66.0 Å². The second-order valence-electron chi connectivity index (χ2n) is 6.44. The fourth-order valence-electron chi connectivity index (χ4n) is 3.19. The molecule has 0 aliphatic carbocycles. The molecule has 0 aliphatic rings. The lowest BCUT2D eigenvalue weighted by molar-refractivity contribution is 0.414. The summed E-state index contributed by atoms with van der Waals surface area (Å²) in [6, 6.07) is 13.2. The van der Waals surface area contributed by atoms with Crippen LogP contribution in [-0.4, -0.2) is 26.6 Å². The predicted octanol–water partition coefficient (Wildman–Crippen LogP) is 4.28. The van der Waals surface area contributed by atoms with Gasteiger partial charge in [0.25, 0.3) is 5.56 Å². The number of methoxy groups -OCH3 is 1. The molecule has 0 bridgehead atoms. The molecule has 0 saturated carbocycles. The molecule has 7 nitrogen and oxygen atoms in total. The van der Waals surface area contributed by atoms with E-state index in [2.05, 4.69) is 20.3 Å². The van der Waals surface area contributed by atoms with E-state index in [-0.39, 0.29) is 11.4 Å². The first-order valence-electron chi connectivity index (χ1n) is 8.96. The maximum absolute atomic E-state index is 13.5. The van der Waals surface area contributed by atoms with E-state index in [1.165, 1.54) is 40.7 Å². The van der Waals surface area contributed by atoms with E-state index in [9.17, 15) is 9.18 Å². The third-order valence-electron chi connectivity index (χ3n) is 4.62. The van der Waals surface area contributed by atoms with Gasteiger partial charge < -0.3 is 10.1 Å². The zero-order valence-electron chi connectivity index (χ0n) is 15.7. The molecule has 0 amide bonds. The second-order valence-corrected chi connectivity index (χ2v) is 7.43. The van der Waals surface area contributed by atoms with Crippen LogP contribution in [-0.2, 0) is 0 Å². The molecule has 0 fully saturated rings. The molecule has 148 valence electrons. The van der Waals surface area contributed by atoms with E-state index in [4.69, 9.17) is 4.74 Å². The molecular weight excluding hydrogens is 405 g/mol. The number of nitrogens with one attached hydrogen (secondary N) is 1. The highest BCUT2D eigenvalue weighted by Gasteiger charge is 2.17. The highest BCUT2D eigenvalue weighted by molar-refractivity contribution is 7.25. The number of hydrogen-bond acceptors (Lipinski definition) is 7. The van der Waals surface area contributed by atoms with Gasteiger partial charge in [0.15, 0.2) is 0 Å². The maximum atomic E-state index is 13.5. The summed E-state index contributed by atoms with van der Waals surface area (Å²) < 4.78 is 20.7. The largest absolute Gasteiger partial charge is 0.497 e. The van der Waals surface area contributed by atoms with Crippen molar-refractivity contribution >= 4 is 43.3 Å². The minimum absolute atomic E-state index is 0.204. The van der Waals surface area contributed by atoms with Crippen molar-refractivity contribution in [3.05, 3.63) is 77.4 Å². The minimum atomic E-state index is -0.360. The number of nitrogens with zero attached hydrogens (tertiary/aromatic N) is 4. The lowest BCUT2D eigenvalue weighted by Crippen LogP contribution is -2.17. The van der Waals surface area contributed by atoms with E-state index in [0.717, 1.165) is 0 Å². The van der Waals surface area contributed by atoms with E-state index in [0.29, 0.717) is 43.4 Å². The van der Waals surface area contributed by atoms with Crippen molar-refractivity contribution in [1.29, 1.82) is 0 Å². The Hall–Kier alpha value is -3.85. The molecule has 0 saturated heterocycles. The molecule has 0 atom stereocenters. The molecular formula is C21H14FN5O2S. The van der Waals surface area contributed by atoms with Crippen molar-refractivity contribution in [1.82, 2.24) is 19.5 Å². The number of hydrogen-bond donors (Lipinski definition) is 1. The van der Waals surface area contributed by atoms with E-state index in [1.807, 2.05) is 0 Å². The van der Waals surface area contributed by atoms with E-state index in [1.54, 1.807) is 43.5 Å². The third kappa shape index (κ3) is 3.05. The standard InChI is InChI=1S/C21H14FN5O2S/c1-29-15-7-5-14(6-8-15)27-11-25-17-16-19(26-13-4-2-3-12(22)9-13)23-10-24-20(16)30-18(17)21(27)28/h2-11H,1H3,(H,23,24,26). The molecule has 0 spiro atoms. The molecule has 1 N–H and O–H groups in total. The highest BCUT2D eigenvalue weighted by atomic mass is 32.1. The van der Waals surface area contributed by atoms with Crippen LogP contribution < -0.4 is 15.6 Å². The number of benzene rings is 2. The monoisotopic (exact) mass is 419 g/mol. The van der Waals surface area contributed by atoms with E-state index < -0.39 is 0 Å². The minimum Gasteiger partial charge on any atom is -0.497 e. The van der Waals surface area contributed by atoms with Crippen LogP contribution in [0.2, 0.25) is 0 Å². The first-order valence-corrected chi connectivity index (χ1v) is 9.77. The van der Waals surface area contributed by atoms with Crippen molar-refractivity contribution in [3.8, 4) is 11.4 Å². The number of fused-ring (bicyclic) bond motifs is 3. The average molecular weight is 419 g/mol. The molecule has 0 aliphatic heterocycles. The number of ether oxygens (including phenoxy) is 1. The van der Waals surface area contributed by atoms with Crippen LogP contribution in [0.3, 0.4) is 0 Å². The summed E-state index contributed by atoms with van der Waals surface area (Å²) in [7, 11) is 1.59. The number of aromatic nitrogens is 4. The Morgan fingerprint density at radius 2 is 1.93 bits per heavy atom. The van der Waals surface area contributed by atoms with Gasteiger partial charge in [-0.25, -0.2) is 19.3 Å². The first-order chi connectivity index (χ1) is 14.6. The summed E-state index contributed by atoms with van der Waals surface area (Å²) in [5.74, 6) is 0.804. The Bertz CT molecular complexity index is 1450. The SMILES string of the molecule is COc1ccc(-n2cnc3c(sc4ncnc(Nc5cccc(F)c5)c43)c2=O)cc1. The van der Waals surface area contributed by atoms with Crippen LogP contribution in [0.4, 0.5) is 15.9 Å². The molecule has 3 heterocycles. The topological polar surface area (TPSA) is 81.9 Å². The maximum Gasteiger partial charge on any atom is 0.275 e. The highest BCUT2D eigenvalue weighted by Crippen LogP contribution is 2.34. The van der Waals surface area contributed by atoms with Crippen molar-refractivity contribution in [2.45, 2.75) is 0 Å². The van der Waals surface area contributed by atoms with Gasteiger partial charge in [0.1, 0.15) is 45.1 Å². The fraction of sp³-hybridized carbons (Fsp3) is 0.0476. The summed E-state index contributed by atoms with van der Waals surface area (Å²) in [5, 5.41) is 3.72. The second kappa shape index (κ2) is 7.20. The molecule has 3 aromatic heterocycles. The van der Waals surface area contributed by atoms with Crippen LogP contribution in [0.25, 0.3) is 26.1 Å². The lowest BCUT2D eigenvalue weighted by Gasteiger charge is -2.07. The quantitative estimate of drug-likeness (QED) is 0.468. The molecule has 9 heteroatoms. The fourth-order valence-corrected chi connectivity index (χ4v) is 4.21. The summed E-state index contributed by atoms with van der Waals surface area (Å²) in [6.07, 6.45) is 2.89. The van der Waals surface area contributed by atoms with Crippen molar-refractivity contribution in [2.24, 2.45) is 0 Å². The van der Waals surface area contributed by atoms with Gasteiger partial charge in [0.2, 0.25) is 0 Å². The summed E-state index contributed by atoms with van der Waals surface area (Å²) >= 11 is 1.25. The molecule has 2 aromatic carbocycles. The third-order valence-corrected chi connectivity index (χ3v) is 5.69. The Morgan fingerprint density at radius 3 is 2.70 bits per heavy atom. The van der Waals surface area contributed by atoms with Gasteiger partial charge in [-0.15, -0.1) is 11.3 Å². The Labute approximate surface area is 173 Å². The van der Waals surface area contributed by atoms with E-state index >= 15 is 0 Å². The predicted molar refractivity (Wildman–Crippen MR) is 115 cm³/mol. The normalized spacial score (nSPS) is 11.1. The van der Waals surface area contributed by atoms with Gasteiger partial charge in [-0.05, 0) is 42.5 Å². The molecule has 0 radical (unpaired) electrons. The summed E-state index contributed by atoms with van der Waals surface area (Å²) in [5.41, 5.74) is 1.52. The molecule has 5 rings (SSSR count). The van der Waals surface area contributed by atoms with Gasteiger partial charge in [-0.2, -0.15) is 0 Å². The van der Waals surface area contributed by atoms with Crippen molar-refractivity contribution in [3.63, 3.8) is 0 Å². The summed E-state index contributed by atoms with van der Waals surface area (Å²) in [6.45, 7) is 0. The van der Waals surface area contributed by atoms with Gasteiger partial charge in [0, 0.05) is 5.69 Å². The van der Waals surface area contributed by atoms with Crippen LogP contribution in [0, 0.1) is 5.82 Å². The summed E-state index contributed by atoms with van der Waals surface area (Å²) in [4.78, 5) is 26.9. The van der Waals surface area contributed by atoms with Crippen LogP contribution in [0.5, 0.6) is 5.75 Å². The zero-order valence-corrected chi connectivity index (χ0v) is 16.5. The Balaban J connectivity index is 1.66. The number of thiophene rings is 1. The lowest BCUT2D eigenvalue weighted by atomic mass is 10.2. The first kappa shape index (κ1) is 18.2. The van der Waals surface area contributed by atoms with Crippen LogP contribution in [0.1, 0.15) is 0 Å². The molecule has 30 heavy (non-hydrogen) atoms. The van der Waals surface area contributed by atoms with Gasteiger partial charge in [-0.1, -0.05) is 6.07 Å². The van der Waals surface area contributed by atoms with Gasteiger partial charge >= 0.3 is 0 Å². The van der Waals surface area contributed by atoms with Gasteiger partial charge in [-0.3, -0.25) is 9.36 Å². The zero-order chi connectivity index (χ0) is 20.7. The number of halogens is 1. The average Bonchev–Trinajstić information content (AvgIpc) is 3.15.